The van der Waals surface area contributed by atoms with Crippen molar-refractivity contribution in [2.75, 3.05) is 13.2 Å². The van der Waals surface area contributed by atoms with Crippen LogP contribution in [0.15, 0.2) is 84.9 Å². The van der Waals surface area contributed by atoms with Crippen LogP contribution < -0.4 is 4.74 Å². The molecule has 4 nitrogen and oxygen atoms in total. The van der Waals surface area contributed by atoms with E-state index in [9.17, 15) is 9.59 Å². The molecule has 0 spiro atoms. The average molecular weight is 372 g/mol. The van der Waals surface area contributed by atoms with E-state index in [2.05, 4.69) is 0 Å². The molecule has 0 aliphatic carbocycles. The summed E-state index contributed by atoms with van der Waals surface area (Å²) in [6.45, 7) is 0.160. The topological polar surface area (TPSA) is 63.6 Å². The highest BCUT2D eigenvalue weighted by Crippen LogP contribution is 2.16. The van der Waals surface area contributed by atoms with Gasteiger partial charge >= 0.3 is 0 Å². The molecule has 0 atom stereocenters. The highest BCUT2D eigenvalue weighted by atomic mass is 16.5. The maximum absolute atomic E-state index is 12.6. The first-order valence-corrected chi connectivity index (χ1v) is 8.93. The highest BCUT2D eigenvalue weighted by Gasteiger charge is 2.09. The van der Waals surface area contributed by atoms with Gasteiger partial charge in [-0.15, -0.1) is 0 Å². The molecule has 0 aliphatic heterocycles. The second kappa shape index (κ2) is 9.44. The van der Waals surface area contributed by atoms with Crippen molar-refractivity contribution in [1.82, 2.24) is 0 Å². The summed E-state index contributed by atoms with van der Waals surface area (Å²) in [4.78, 5) is 24.7. The minimum absolute atomic E-state index is 0.0571. The summed E-state index contributed by atoms with van der Waals surface area (Å²) in [5.74, 6) is 0.447. The number of rotatable bonds is 8. The van der Waals surface area contributed by atoms with Gasteiger partial charge in [0.25, 0.3) is 0 Å². The van der Waals surface area contributed by atoms with E-state index < -0.39 is 0 Å². The Balaban J connectivity index is 1.65. The summed E-state index contributed by atoms with van der Waals surface area (Å²) in [5, 5.41) is 8.77. The van der Waals surface area contributed by atoms with Crippen LogP contribution in [0.1, 0.15) is 31.8 Å². The van der Waals surface area contributed by atoms with E-state index in [-0.39, 0.29) is 24.8 Å². The molecule has 0 radical (unpaired) electrons. The quantitative estimate of drug-likeness (QED) is 0.476. The predicted molar refractivity (Wildman–Crippen MR) is 109 cm³/mol. The lowest BCUT2D eigenvalue weighted by atomic mass is 10.0. The van der Waals surface area contributed by atoms with Crippen LogP contribution in [-0.2, 0) is 0 Å². The molecule has 3 aromatic rings. The highest BCUT2D eigenvalue weighted by molar-refractivity contribution is 6.09. The van der Waals surface area contributed by atoms with Crippen LogP contribution in [0.4, 0.5) is 0 Å². The van der Waals surface area contributed by atoms with Crippen LogP contribution >= 0.6 is 0 Å². The predicted octanol–water partition coefficient (Wildman–Crippen LogP) is 4.18. The molecule has 0 saturated heterocycles. The lowest BCUT2D eigenvalue weighted by Gasteiger charge is -2.06. The van der Waals surface area contributed by atoms with Crippen LogP contribution in [0.25, 0.3) is 6.08 Å². The van der Waals surface area contributed by atoms with E-state index in [1.54, 1.807) is 66.7 Å². The maximum atomic E-state index is 12.6. The lowest BCUT2D eigenvalue weighted by molar-refractivity contribution is 0.103. The number of hydrogen-bond donors (Lipinski definition) is 1. The molecule has 1 N–H and O–H groups in total. The van der Waals surface area contributed by atoms with E-state index in [4.69, 9.17) is 9.84 Å². The van der Waals surface area contributed by atoms with Gasteiger partial charge in [0.2, 0.25) is 0 Å². The van der Waals surface area contributed by atoms with Crippen LogP contribution in [0, 0.1) is 0 Å². The first-order valence-electron chi connectivity index (χ1n) is 8.93. The molecule has 140 valence electrons. The Morgan fingerprint density at radius 3 is 2.00 bits per heavy atom. The lowest BCUT2D eigenvalue weighted by Crippen LogP contribution is -2.03. The van der Waals surface area contributed by atoms with Gasteiger partial charge in [-0.25, -0.2) is 0 Å². The van der Waals surface area contributed by atoms with E-state index in [1.807, 2.05) is 18.2 Å². The third kappa shape index (κ3) is 5.02. The van der Waals surface area contributed by atoms with Crippen molar-refractivity contribution in [3.8, 4) is 5.75 Å². The van der Waals surface area contributed by atoms with Gasteiger partial charge in [0.05, 0.1) is 6.61 Å². The minimum Gasteiger partial charge on any atom is -0.491 e. The molecule has 0 bridgehead atoms. The zero-order valence-electron chi connectivity index (χ0n) is 15.2. The minimum atomic E-state index is -0.0930. The zero-order chi connectivity index (χ0) is 19.8. The third-order valence-corrected chi connectivity index (χ3v) is 4.13. The van der Waals surface area contributed by atoms with E-state index in [0.29, 0.717) is 22.4 Å². The summed E-state index contributed by atoms with van der Waals surface area (Å²) >= 11 is 0. The molecule has 3 rings (SSSR count). The molecule has 3 aromatic carbocycles. The van der Waals surface area contributed by atoms with Gasteiger partial charge in [-0.2, -0.15) is 0 Å². The zero-order valence-corrected chi connectivity index (χ0v) is 15.2. The van der Waals surface area contributed by atoms with Crippen molar-refractivity contribution in [3.63, 3.8) is 0 Å². The smallest absolute Gasteiger partial charge is 0.193 e. The van der Waals surface area contributed by atoms with Crippen molar-refractivity contribution in [1.29, 1.82) is 0 Å². The number of aliphatic hydroxyl groups excluding tert-OH is 1. The van der Waals surface area contributed by atoms with Gasteiger partial charge in [0.1, 0.15) is 12.4 Å². The molecule has 0 amide bonds. The molecule has 0 saturated carbocycles. The molecular formula is C24H20O4. The Labute approximate surface area is 163 Å². The van der Waals surface area contributed by atoms with Gasteiger partial charge in [0.15, 0.2) is 11.6 Å². The summed E-state index contributed by atoms with van der Waals surface area (Å²) in [6, 6.07) is 23.0. The largest absolute Gasteiger partial charge is 0.491 e. The van der Waals surface area contributed by atoms with Crippen molar-refractivity contribution in [2.24, 2.45) is 0 Å². The van der Waals surface area contributed by atoms with Gasteiger partial charge in [-0.05, 0) is 35.9 Å². The van der Waals surface area contributed by atoms with E-state index in [1.165, 1.54) is 6.08 Å². The Kier molecular flexibility index (Phi) is 6.50. The van der Waals surface area contributed by atoms with Crippen molar-refractivity contribution in [2.45, 2.75) is 0 Å². The molecule has 0 fully saturated rings. The standard InChI is InChI=1S/C24H20O4/c25-16-17-28-22-13-11-21(12-14-22)24(27)20-9-6-18(7-10-20)8-15-23(26)19-4-2-1-3-5-19/h1-15,25H,16-17H2. The van der Waals surface area contributed by atoms with Crippen LogP contribution in [0.3, 0.4) is 0 Å². The third-order valence-electron chi connectivity index (χ3n) is 4.13. The number of ketones is 2. The number of ether oxygens (including phenoxy) is 1. The van der Waals surface area contributed by atoms with Crippen LogP contribution in [0.2, 0.25) is 0 Å². The summed E-state index contributed by atoms with van der Waals surface area (Å²) in [5.41, 5.74) is 2.60. The first kappa shape index (κ1) is 19.3. The fourth-order valence-corrected chi connectivity index (χ4v) is 2.65. The Morgan fingerprint density at radius 2 is 1.39 bits per heavy atom. The molecule has 0 aromatic heterocycles. The SMILES string of the molecule is O=C(C=Cc1ccc(C(=O)c2ccc(OCCO)cc2)cc1)c1ccccc1. The first-order chi connectivity index (χ1) is 13.7. The van der Waals surface area contributed by atoms with Crippen LogP contribution in [0.5, 0.6) is 5.75 Å². The monoisotopic (exact) mass is 372 g/mol. The Hall–Kier alpha value is -3.50. The molecular weight excluding hydrogens is 352 g/mol. The second-order valence-electron chi connectivity index (χ2n) is 6.11. The van der Waals surface area contributed by atoms with Gasteiger partial charge in [-0.3, -0.25) is 9.59 Å². The fourth-order valence-electron chi connectivity index (χ4n) is 2.65. The number of hydrogen-bond acceptors (Lipinski definition) is 4. The number of aliphatic hydroxyl groups is 1. The molecule has 0 unspecified atom stereocenters. The Morgan fingerprint density at radius 1 is 0.786 bits per heavy atom. The molecule has 0 heterocycles. The van der Waals surface area contributed by atoms with Crippen molar-refractivity contribution >= 4 is 17.6 Å². The van der Waals surface area contributed by atoms with E-state index in [0.717, 1.165) is 5.56 Å². The molecule has 4 heteroatoms. The number of allylic oxidation sites excluding steroid dienone is 1. The molecule has 0 aliphatic rings. The average Bonchev–Trinajstić information content (AvgIpc) is 2.77. The summed E-state index contributed by atoms with van der Waals surface area (Å²) < 4.78 is 5.29. The second-order valence-corrected chi connectivity index (χ2v) is 6.11. The Bertz CT molecular complexity index is 956. The maximum Gasteiger partial charge on any atom is 0.193 e. The summed E-state index contributed by atoms with van der Waals surface area (Å²) in [7, 11) is 0. The number of benzene rings is 3. The fraction of sp³-hybridized carbons (Fsp3) is 0.0833. The normalized spacial score (nSPS) is 10.8. The van der Waals surface area contributed by atoms with Crippen LogP contribution in [-0.4, -0.2) is 29.9 Å². The molecule has 28 heavy (non-hydrogen) atoms. The van der Waals surface area contributed by atoms with Crippen molar-refractivity contribution in [3.05, 3.63) is 107 Å². The van der Waals surface area contributed by atoms with Gasteiger partial charge < -0.3 is 9.84 Å². The van der Waals surface area contributed by atoms with Crippen molar-refractivity contribution < 1.29 is 19.4 Å². The summed E-state index contributed by atoms with van der Waals surface area (Å²) in [6.07, 6.45) is 3.26. The van der Waals surface area contributed by atoms with E-state index >= 15 is 0 Å². The van der Waals surface area contributed by atoms with Gasteiger partial charge in [-0.1, -0.05) is 60.7 Å². The number of carbonyl (C=O) groups is 2. The van der Waals surface area contributed by atoms with Gasteiger partial charge in [0, 0.05) is 16.7 Å². The number of carbonyl (C=O) groups excluding carboxylic acids is 2.